The Morgan fingerprint density at radius 1 is 1.40 bits per heavy atom. The molecule has 0 fully saturated rings. The Labute approximate surface area is 58.4 Å². The molecular formula is C5H11NO4. The molecule has 2 N–H and O–H groups in total. The van der Waals surface area contributed by atoms with E-state index < -0.39 is 23.2 Å². The Kier molecular flexibility index (Phi) is 3.24. The summed E-state index contributed by atoms with van der Waals surface area (Å²) < 4.78 is 0. The van der Waals surface area contributed by atoms with Gasteiger partial charge < -0.3 is 10.2 Å². The van der Waals surface area contributed by atoms with Gasteiger partial charge in [0.15, 0.2) is 0 Å². The summed E-state index contributed by atoms with van der Waals surface area (Å²) in [7, 11) is 0. The maximum atomic E-state index is 9.89. The fourth-order valence-electron chi connectivity index (χ4n) is 0.441. The first kappa shape index (κ1) is 9.32. The Balaban J connectivity index is 3.94. The molecule has 5 heteroatoms. The van der Waals surface area contributed by atoms with Crippen molar-refractivity contribution in [2.75, 3.05) is 0 Å². The van der Waals surface area contributed by atoms with Crippen molar-refractivity contribution in [3.05, 3.63) is 10.1 Å². The predicted molar refractivity (Wildman–Crippen MR) is 33.8 cm³/mol. The van der Waals surface area contributed by atoms with E-state index in [2.05, 4.69) is 0 Å². The molecular weight excluding hydrogens is 138 g/mol. The lowest BCUT2D eigenvalue weighted by Gasteiger charge is -2.13. The van der Waals surface area contributed by atoms with Gasteiger partial charge in [0.2, 0.25) is 0 Å². The molecule has 5 nitrogen and oxygen atoms in total. The molecule has 3 unspecified atom stereocenters. The van der Waals surface area contributed by atoms with E-state index in [1.165, 1.54) is 13.8 Å². The van der Waals surface area contributed by atoms with E-state index in [1.807, 2.05) is 0 Å². The highest BCUT2D eigenvalue weighted by Gasteiger charge is 2.27. The van der Waals surface area contributed by atoms with Crippen LogP contribution in [-0.2, 0) is 0 Å². The lowest BCUT2D eigenvalue weighted by atomic mass is 10.1. The zero-order valence-electron chi connectivity index (χ0n) is 5.89. The molecule has 3 atom stereocenters. The number of rotatable bonds is 3. The fourth-order valence-corrected chi connectivity index (χ4v) is 0.441. The molecule has 0 bridgehead atoms. The summed E-state index contributed by atoms with van der Waals surface area (Å²) in [5.74, 6) is -0.727. The van der Waals surface area contributed by atoms with Gasteiger partial charge in [-0.3, -0.25) is 10.1 Å². The normalized spacial score (nSPS) is 19.6. The summed E-state index contributed by atoms with van der Waals surface area (Å²) in [6.07, 6.45) is -2.53. The number of hydrogen-bond donors (Lipinski definition) is 2. The maximum Gasteiger partial charge on any atom is 0.318 e. The molecule has 10 heavy (non-hydrogen) atoms. The monoisotopic (exact) mass is 149 g/mol. The second-order valence-corrected chi connectivity index (χ2v) is 2.30. The third kappa shape index (κ3) is 2.28. The minimum Gasteiger partial charge on any atom is -0.393 e. The van der Waals surface area contributed by atoms with Gasteiger partial charge in [0.05, 0.1) is 16.9 Å². The number of aliphatic hydroxyl groups excluding tert-OH is 2. The number of aliphatic hydroxyl groups is 2. The highest BCUT2D eigenvalue weighted by molar-refractivity contribution is 4.60. The number of nitro groups is 1. The topological polar surface area (TPSA) is 83.6 Å². The second kappa shape index (κ2) is 3.48. The van der Waals surface area contributed by atoms with Crippen LogP contribution in [0.15, 0.2) is 0 Å². The Hall–Kier alpha value is -0.680. The van der Waals surface area contributed by atoms with Gasteiger partial charge in [-0.2, -0.15) is 0 Å². The molecule has 0 aromatic rings. The molecule has 0 rings (SSSR count). The van der Waals surface area contributed by atoms with E-state index in [0.717, 1.165) is 0 Å². The first-order chi connectivity index (χ1) is 4.46. The molecule has 0 aromatic heterocycles. The quantitative estimate of drug-likeness (QED) is 0.325. The van der Waals surface area contributed by atoms with Crippen LogP contribution in [0, 0.1) is 16.0 Å². The van der Waals surface area contributed by atoms with Gasteiger partial charge >= 0.3 is 6.23 Å². The zero-order valence-corrected chi connectivity index (χ0v) is 5.89. The summed E-state index contributed by atoms with van der Waals surface area (Å²) in [6, 6.07) is 0. The van der Waals surface area contributed by atoms with Gasteiger partial charge in [0.25, 0.3) is 0 Å². The van der Waals surface area contributed by atoms with Gasteiger partial charge in [-0.15, -0.1) is 0 Å². The average molecular weight is 149 g/mol. The lowest BCUT2D eigenvalue weighted by molar-refractivity contribution is -0.582. The summed E-state index contributed by atoms with van der Waals surface area (Å²) in [5, 5.41) is 27.4. The van der Waals surface area contributed by atoms with E-state index in [4.69, 9.17) is 10.2 Å². The van der Waals surface area contributed by atoms with Crippen LogP contribution < -0.4 is 0 Å². The van der Waals surface area contributed by atoms with Crippen LogP contribution in [0.25, 0.3) is 0 Å². The Morgan fingerprint density at radius 3 is 1.90 bits per heavy atom. The molecule has 0 aliphatic carbocycles. The first-order valence-electron chi connectivity index (χ1n) is 2.96. The van der Waals surface area contributed by atoms with Crippen LogP contribution in [0.1, 0.15) is 13.8 Å². The third-order valence-corrected chi connectivity index (χ3v) is 1.45. The molecule has 0 amide bonds. The molecule has 0 aliphatic heterocycles. The molecule has 0 aliphatic rings. The number of nitrogens with zero attached hydrogens (tertiary/aromatic N) is 1. The molecule has 0 saturated carbocycles. The molecule has 0 radical (unpaired) electrons. The zero-order chi connectivity index (χ0) is 8.31. The number of hydrogen-bond acceptors (Lipinski definition) is 4. The van der Waals surface area contributed by atoms with Gasteiger partial charge in [-0.05, 0) is 6.92 Å². The van der Waals surface area contributed by atoms with Crippen LogP contribution in [0.4, 0.5) is 0 Å². The Morgan fingerprint density at radius 2 is 1.80 bits per heavy atom. The standard InChI is InChI=1S/C5H11NO4/c1-3(4(2)7)5(8)6(9)10/h3-5,7-8H,1-2H3. The van der Waals surface area contributed by atoms with E-state index in [9.17, 15) is 10.1 Å². The van der Waals surface area contributed by atoms with E-state index in [0.29, 0.717) is 0 Å². The Bertz CT molecular complexity index is 125. The summed E-state index contributed by atoms with van der Waals surface area (Å²) in [4.78, 5) is 9.07. The van der Waals surface area contributed by atoms with E-state index in [-0.39, 0.29) is 0 Å². The third-order valence-electron chi connectivity index (χ3n) is 1.45. The van der Waals surface area contributed by atoms with Crippen molar-refractivity contribution in [1.82, 2.24) is 0 Å². The van der Waals surface area contributed by atoms with Crippen LogP contribution in [-0.4, -0.2) is 27.5 Å². The van der Waals surface area contributed by atoms with Gasteiger partial charge in [-0.25, -0.2) is 0 Å². The largest absolute Gasteiger partial charge is 0.393 e. The van der Waals surface area contributed by atoms with Crippen molar-refractivity contribution in [2.24, 2.45) is 5.92 Å². The van der Waals surface area contributed by atoms with E-state index in [1.54, 1.807) is 0 Å². The fraction of sp³-hybridized carbons (Fsp3) is 1.00. The molecule has 0 saturated heterocycles. The minimum atomic E-state index is -1.67. The molecule has 0 heterocycles. The van der Waals surface area contributed by atoms with Gasteiger partial charge in [0, 0.05) is 0 Å². The average Bonchev–Trinajstić information content (AvgIpc) is 1.84. The highest BCUT2D eigenvalue weighted by Crippen LogP contribution is 2.07. The van der Waals surface area contributed by atoms with Crippen LogP contribution in [0.2, 0.25) is 0 Å². The molecule has 0 aromatic carbocycles. The summed E-state index contributed by atoms with van der Waals surface area (Å²) >= 11 is 0. The van der Waals surface area contributed by atoms with Crippen molar-refractivity contribution in [3.8, 4) is 0 Å². The smallest absolute Gasteiger partial charge is 0.318 e. The van der Waals surface area contributed by atoms with Crippen LogP contribution >= 0.6 is 0 Å². The summed E-state index contributed by atoms with van der Waals surface area (Å²) in [6.45, 7) is 2.82. The van der Waals surface area contributed by atoms with Crippen molar-refractivity contribution in [1.29, 1.82) is 0 Å². The minimum absolute atomic E-state index is 0.727. The van der Waals surface area contributed by atoms with Crippen molar-refractivity contribution >= 4 is 0 Å². The summed E-state index contributed by atoms with van der Waals surface area (Å²) in [5.41, 5.74) is 0. The van der Waals surface area contributed by atoms with Crippen molar-refractivity contribution in [3.63, 3.8) is 0 Å². The van der Waals surface area contributed by atoms with Crippen molar-refractivity contribution < 1.29 is 15.1 Å². The van der Waals surface area contributed by atoms with Gasteiger partial charge in [0.1, 0.15) is 0 Å². The van der Waals surface area contributed by atoms with Crippen molar-refractivity contribution in [2.45, 2.75) is 26.2 Å². The molecule has 0 spiro atoms. The van der Waals surface area contributed by atoms with E-state index >= 15 is 0 Å². The SMILES string of the molecule is CC(O)C(C)C(O)[N+](=O)[O-]. The van der Waals surface area contributed by atoms with Crippen LogP contribution in [0.3, 0.4) is 0 Å². The van der Waals surface area contributed by atoms with Crippen LogP contribution in [0.5, 0.6) is 0 Å². The molecule has 60 valence electrons. The second-order valence-electron chi connectivity index (χ2n) is 2.30. The van der Waals surface area contributed by atoms with Gasteiger partial charge in [-0.1, -0.05) is 6.92 Å². The predicted octanol–water partition coefficient (Wildman–Crippen LogP) is -0.402. The lowest BCUT2D eigenvalue weighted by Crippen LogP contribution is -2.33. The highest BCUT2D eigenvalue weighted by atomic mass is 16.7. The first-order valence-corrected chi connectivity index (χ1v) is 2.96. The maximum absolute atomic E-state index is 9.89.